The largest absolute Gasteiger partial charge is 0.308 e. The normalized spacial score (nSPS) is 12.5. The third-order valence-corrected chi connectivity index (χ3v) is 3.38. The van der Waals surface area contributed by atoms with Crippen LogP contribution >= 0.6 is 0 Å². The molecule has 2 heterocycles. The first-order chi connectivity index (χ1) is 10.7. The Hall–Kier alpha value is -2.47. The van der Waals surface area contributed by atoms with Crippen molar-refractivity contribution < 1.29 is 4.39 Å². The van der Waals surface area contributed by atoms with Crippen LogP contribution in [0.4, 0.5) is 4.39 Å². The molecular formula is C16H18FN5. The van der Waals surface area contributed by atoms with E-state index in [2.05, 4.69) is 22.4 Å². The minimum atomic E-state index is -0.263. The second-order valence-corrected chi connectivity index (χ2v) is 5.28. The average Bonchev–Trinajstić information content (AvgIpc) is 3.16. The van der Waals surface area contributed by atoms with Crippen LogP contribution in [0.3, 0.4) is 0 Å². The van der Waals surface area contributed by atoms with Crippen molar-refractivity contribution in [3.05, 3.63) is 66.5 Å². The van der Waals surface area contributed by atoms with E-state index in [1.807, 2.05) is 29.2 Å². The fourth-order valence-electron chi connectivity index (χ4n) is 2.26. The van der Waals surface area contributed by atoms with Gasteiger partial charge in [-0.05, 0) is 31.2 Å². The standard InChI is InChI=1S/C16H18FN5/c1-13(11-21-7-3-6-19-21)18-9-14-10-20-22(12-14)16-5-2-4-15(17)8-16/h2-8,10,12-13,18H,9,11H2,1H3/t13-/m1/s1. The second-order valence-electron chi connectivity index (χ2n) is 5.28. The first-order valence-corrected chi connectivity index (χ1v) is 7.21. The molecule has 0 amide bonds. The summed E-state index contributed by atoms with van der Waals surface area (Å²) >= 11 is 0. The molecule has 3 rings (SSSR count). The van der Waals surface area contributed by atoms with Crippen molar-refractivity contribution in [1.29, 1.82) is 0 Å². The molecule has 2 aromatic heterocycles. The van der Waals surface area contributed by atoms with Crippen molar-refractivity contribution in [2.45, 2.75) is 26.1 Å². The summed E-state index contributed by atoms with van der Waals surface area (Å²) in [6, 6.07) is 8.59. The van der Waals surface area contributed by atoms with Gasteiger partial charge in [-0.3, -0.25) is 4.68 Å². The summed E-state index contributed by atoms with van der Waals surface area (Å²) in [4.78, 5) is 0. The molecular weight excluding hydrogens is 281 g/mol. The van der Waals surface area contributed by atoms with Gasteiger partial charge >= 0.3 is 0 Å². The topological polar surface area (TPSA) is 47.7 Å². The van der Waals surface area contributed by atoms with E-state index < -0.39 is 0 Å². The maximum Gasteiger partial charge on any atom is 0.125 e. The van der Waals surface area contributed by atoms with Crippen molar-refractivity contribution in [3.8, 4) is 5.69 Å². The maximum absolute atomic E-state index is 13.2. The number of rotatable bonds is 6. The monoisotopic (exact) mass is 299 g/mol. The van der Waals surface area contributed by atoms with Gasteiger partial charge in [-0.25, -0.2) is 9.07 Å². The molecule has 5 nitrogen and oxygen atoms in total. The number of hydrogen-bond donors (Lipinski definition) is 1. The molecule has 3 aromatic rings. The van der Waals surface area contributed by atoms with Crippen LogP contribution in [0.25, 0.3) is 5.69 Å². The predicted molar refractivity (Wildman–Crippen MR) is 82.1 cm³/mol. The zero-order valence-corrected chi connectivity index (χ0v) is 12.4. The summed E-state index contributed by atoms with van der Waals surface area (Å²) < 4.78 is 16.8. The first kappa shape index (κ1) is 14.5. The van der Waals surface area contributed by atoms with Crippen LogP contribution in [0.5, 0.6) is 0 Å². The molecule has 0 fully saturated rings. The van der Waals surface area contributed by atoms with Crippen LogP contribution < -0.4 is 5.32 Å². The van der Waals surface area contributed by atoms with Crippen molar-refractivity contribution in [1.82, 2.24) is 24.9 Å². The van der Waals surface area contributed by atoms with Gasteiger partial charge in [0.1, 0.15) is 5.82 Å². The number of aromatic nitrogens is 4. The van der Waals surface area contributed by atoms with Gasteiger partial charge < -0.3 is 5.32 Å². The minimum absolute atomic E-state index is 0.263. The predicted octanol–water partition coefficient (Wildman–Crippen LogP) is 2.39. The third-order valence-electron chi connectivity index (χ3n) is 3.38. The summed E-state index contributed by atoms with van der Waals surface area (Å²) in [7, 11) is 0. The Kier molecular flexibility index (Phi) is 4.29. The molecule has 1 aromatic carbocycles. The zero-order chi connectivity index (χ0) is 15.4. The molecule has 114 valence electrons. The van der Waals surface area contributed by atoms with Gasteiger partial charge in [0, 0.05) is 36.7 Å². The molecule has 0 radical (unpaired) electrons. The fraction of sp³-hybridized carbons (Fsp3) is 0.250. The average molecular weight is 299 g/mol. The summed E-state index contributed by atoms with van der Waals surface area (Å²) in [5.74, 6) is -0.263. The van der Waals surface area contributed by atoms with E-state index in [1.54, 1.807) is 23.1 Å². The number of nitrogens with one attached hydrogen (secondary N) is 1. The Bertz CT molecular complexity index is 720. The van der Waals surface area contributed by atoms with Gasteiger partial charge in [-0.15, -0.1) is 0 Å². The van der Waals surface area contributed by atoms with E-state index >= 15 is 0 Å². The molecule has 0 aliphatic carbocycles. The van der Waals surface area contributed by atoms with Gasteiger partial charge in [0.2, 0.25) is 0 Å². The Morgan fingerprint density at radius 1 is 1.27 bits per heavy atom. The quantitative estimate of drug-likeness (QED) is 0.760. The number of halogens is 1. The lowest BCUT2D eigenvalue weighted by molar-refractivity contribution is 0.451. The van der Waals surface area contributed by atoms with Gasteiger partial charge in [0.25, 0.3) is 0 Å². The van der Waals surface area contributed by atoms with Gasteiger partial charge in [-0.2, -0.15) is 10.2 Å². The van der Waals surface area contributed by atoms with Crippen molar-refractivity contribution in [2.75, 3.05) is 0 Å². The lowest BCUT2D eigenvalue weighted by atomic mass is 10.3. The highest BCUT2D eigenvalue weighted by atomic mass is 19.1. The number of nitrogens with zero attached hydrogens (tertiary/aromatic N) is 4. The Morgan fingerprint density at radius 2 is 2.18 bits per heavy atom. The Balaban J connectivity index is 1.58. The minimum Gasteiger partial charge on any atom is -0.308 e. The molecule has 0 aliphatic rings. The van der Waals surface area contributed by atoms with Gasteiger partial charge in [-0.1, -0.05) is 6.07 Å². The van der Waals surface area contributed by atoms with Crippen molar-refractivity contribution >= 4 is 0 Å². The number of benzene rings is 1. The highest BCUT2D eigenvalue weighted by molar-refractivity contribution is 5.31. The van der Waals surface area contributed by atoms with Crippen LogP contribution in [-0.4, -0.2) is 25.6 Å². The highest BCUT2D eigenvalue weighted by Crippen LogP contribution is 2.10. The van der Waals surface area contributed by atoms with Crippen molar-refractivity contribution in [2.24, 2.45) is 0 Å². The molecule has 0 unspecified atom stereocenters. The van der Waals surface area contributed by atoms with Gasteiger partial charge in [0.15, 0.2) is 0 Å². The van der Waals surface area contributed by atoms with E-state index in [1.165, 1.54) is 12.1 Å². The smallest absolute Gasteiger partial charge is 0.125 e. The summed E-state index contributed by atoms with van der Waals surface area (Å²) in [6.07, 6.45) is 7.41. The molecule has 1 N–H and O–H groups in total. The molecule has 1 atom stereocenters. The summed E-state index contributed by atoms with van der Waals surface area (Å²) in [5, 5.41) is 11.9. The SMILES string of the molecule is C[C@H](Cn1cccn1)NCc1cnn(-c2cccc(F)c2)c1. The van der Waals surface area contributed by atoms with Crippen molar-refractivity contribution in [3.63, 3.8) is 0 Å². The third kappa shape index (κ3) is 3.59. The van der Waals surface area contributed by atoms with Crippen LogP contribution in [0.15, 0.2) is 55.1 Å². The Labute approximate surface area is 128 Å². The molecule has 0 saturated heterocycles. The zero-order valence-electron chi connectivity index (χ0n) is 12.4. The van der Waals surface area contributed by atoms with Crippen LogP contribution in [-0.2, 0) is 13.1 Å². The summed E-state index contributed by atoms with van der Waals surface area (Å²) in [5.41, 5.74) is 1.77. The molecule has 0 bridgehead atoms. The molecule has 6 heteroatoms. The molecule has 0 spiro atoms. The Morgan fingerprint density at radius 3 is 2.95 bits per heavy atom. The van der Waals surface area contributed by atoms with E-state index in [4.69, 9.17) is 0 Å². The lowest BCUT2D eigenvalue weighted by Crippen LogP contribution is -2.30. The summed E-state index contributed by atoms with van der Waals surface area (Å²) in [6.45, 7) is 3.63. The van der Waals surface area contributed by atoms with Crippen LogP contribution in [0, 0.1) is 5.82 Å². The van der Waals surface area contributed by atoms with Crippen LogP contribution in [0.2, 0.25) is 0 Å². The number of hydrogen-bond acceptors (Lipinski definition) is 3. The molecule has 0 aliphatic heterocycles. The first-order valence-electron chi connectivity index (χ1n) is 7.21. The van der Waals surface area contributed by atoms with Crippen LogP contribution in [0.1, 0.15) is 12.5 Å². The van der Waals surface area contributed by atoms with E-state index in [0.717, 1.165) is 17.8 Å². The van der Waals surface area contributed by atoms with E-state index in [9.17, 15) is 4.39 Å². The lowest BCUT2D eigenvalue weighted by Gasteiger charge is -2.12. The van der Waals surface area contributed by atoms with Gasteiger partial charge in [0.05, 0.1) is 18.4 Å². The fourth-order valence-corrected chi connectivity index (χ4v) is 2.26. The second kappa shape index (κ2) is 6.53. The maximum atomic E-state index is 13.2. The van der Waals surface area contributed by atoms with E-state index in [-0.39, 0.29) is 11.9 Å². The highest BCUT2D eigenvalue weighted by Gasteiger charge is 2.05. The van der Waals surface area contributed by atoms with E-state index in [0.29, 0.717) is 6.54 Å². The molecule has 0 saturated carbocycles. The molecule has 22 heavy (non-hydrogen) atoms.